The molecule has 2 aromatic rings. The predicted molar refractivity (Wildman–Crippen MR) is 73.0 cm³/mol. The number of aromatic amines is 1. The zero-order valence-electron chi connectivity index (χ0n) is 10.7. The van der Waals surface area contributed by atoms with Gasteiger partial charge >= 0.3 is 5.97 Å². The number of fused-ring (bicyclic) bond motifs is 1. The highest BCUT2D eigenvalue weighted by Gasteiger charge is 2.13. The van der Waals surface area contributed by atoms with Gasteiger partial charge in [-0.25, -0.2) is 0 Å². The van der Waals surface area contributed by atoms with E-state index in [0.717, 1.165) is 17.7 Å². The van der Waals surface area contributed by atoms with Crippen LogP contribution in [0.1, 0.15) is 13.3 Å². The number of carboxylic acids is 1. The molecule has 96 valence electrons. The second-order valence-corrected chi connectivity index (χ2v) is 4.67. The Balaban J connectivity index is 2.09. The molecule has 4 nitrogen and oxygen atoms in total. The molecule has 1 aromatic heterocycles. The maximum Gasteiger partial charge on any atom is 0.306 e. The van der Waals surface area contributed by atoms with Crippen molar-refractivity contribution < 1.29 is 9.90 Å². The fourth-order valence-electron chi connectivity index (χ4n) is 2.00. The molecule has 1 aromatic carbocycles. The number of H-pyrrole nitrogens is 1. The van der Waals surface area contributed by atoms with Crippen LogP contribution in [-0.2, 0) is 4.79 Å². The molecule has 0 aliphatic carbocycles. The molecule has 0 bridgehead atoms. The van der Waals surface area contributed by atoms with Crippen molar-refractivity contribution in [3.63, 3.8) is 0 Å². The smallest absolute Gasteiger partial charge is 0.306 e. The summed E-state index contributed by atoms with van der Waals surface area (Å²) < 4.78 is 0. The molecule has 0 fully saturated rings. The number of carboxylic acid groups (broad SMARTS) is 1. The fraction of sp³-hybridized carbons (Fsp3) is 0.357. The van der Waals surface area contributed by atoms with Gasteiger partial charge < -0.3 is 15.0 Å². The highest BCUT2D eigenvalue weighted by atomic mass is 16.4. The second kappa shape index (κ2) is 5.12. The van der Waals surface area contributed by atoms with E-state index in [-0.39, 0.29) is 5.92 Å². The SMILES string of the molecule is CC(CCN(C)c1c[nH]c2ccccc12)C(=O)O. The molecule has 0 spiro atoms. The van der Waals surface area contributed by atoms with Gasteiger partial charge in [-0.3, -0.25) is 4.79 Å². The molecule has 18 heavy (non-hydrogen) atoms. The molecule has 0 amide bonds. The molecule has 1 unspecified atom stereocenters. The van der Waals surface area contributed by atoms with Gasteiger partial charge in [-0.15, -0.1) is 0 Å². The second-order valence-electron chi connectivity index (χ2n) is 4.67. The van der Waals surface area contributed by atoms with Crippen molar-refractivity contribution in [2.45, 2.75) is 13.3 Å². The molecular weight excluding hydrogens is 228 g/mol. The lowest BCUT2D eigenvalue weighted by atomic mass is 10.1. The number of rotatable bonds is 5. The third kappa shape index (κ3) is 2.47. The third-order valence-electron chi connectivity index (χ3n) is 3.30. The zero-order valence-corrected chi connectivity index (χ0v) is 10.7. The van der Waals surface area contributed by atoms with Gasteiger partial charge in [0.15, 0.2) is 0 Å². The number of hydrogen-bond acceptors (Lipinski definition) is 2. The quantitative estimate of drug-likeness (QED) is 0.852. The minimum atomic E-state index is -0.734. The first-order chi connectivity index (χ1) is 8.59. The van der Waals surface area contributed by atoms with Gasteiger partial charge in [0.2, 0.25) is 0 Å². The summed E-state index contributed by atoms with van der Waals surface area (Å²) in [6.45, 7) is 2.47. The van der Waals surface area contributed by atoms with Crippen LogP contribution in [0.4, 0.5) is 5.69 Å². The average Bonchev–Trinajstić information content (AvgIpc) is 2.79. The standard InChI is InChI=1S/C14H18N2O2/c1-10(14(17)18)7-8-16(2)13-9-15-12-6-4-3-5-11(12)13/h3-6,9-10,15H,7-8H2,1-2H3,(H,17,18). The number of aliphatic carboxylic acids is 1. The van der Waals surface area contributed by atoms with Gasteiger partial charge in [-0.1, -0.05) is 25.1 Å². The van der Waals surface area contributed by atoms with Crippen LogP contribution in [0.3, 0.4) is 0 Å². The van der Waals surface area contributed by atoms with E-state index in [1.807, 2.05) is 31.4 Å². The summed E-state index contributed by atoms with van der Waals surface area (Å²) in [4.78, 5) is 16.1. The Morgan fingerprint density at radius 2 is 2.17 bits per heavy atom. The van der Waals surface area contributed by atoms with E-state index in [1.165, 1.54) is 5.39 Å². The minimum Gasteiger partial charge on any atom is -0.481 e. The lowest BCUT2D eigenvalue weighted by molar-refractivity contribution is -0.141. The number of nitrogens with one attached hydrogen (secondary N) is 1. The van der Waals surface area contributed by atoms with Crippen LogP contribution in [0.25, 0.3) is 10.9 Å². The number of anilines is 1. The van der Waals surface area contributed by atoms with Crippen LogP contribution in [0.2, 0.25) is 0 Å². The Kier molecular flexibility index (Phi) is 3.55. The van der Waals surface area contributed by atoms with Crippen LogP contribution in [0.15, 0.2) is 30.5 Å². The summed E-state index contributed by atoms with van der Waals surface area (Å²) in [6, 6.07) is 8.10. The normalized spacial score (nSPS) is 12.6. The number of benzene rings is 1. The van der Waals surface area contributed by atoms with Crippen molar-refractivity contribution >= 4 is 22.6 Å². The lowest BCUT2D eigenvalue weighted by Gasteiger charge is -2.19. The minimum absolute atomic E-state index is 0.308. The van der Waals surface area contributed by atoms with Crippen LogP contribution in [0, 0.1) is 5.92 Å². The molecule has 2 rings (SSSR count). The van der Waals surface area contributed by atoms with Gasteiger partial charge in [0.05, 0.1) is 11.6 Å². The molecule has 0 radical (unpaired) electrons. The summed E-state index contributed by atoms with van der Waals surface area (Å²) in [5.41, 5.74) is 2.22. The summed E-state index contributed by atoms with van der Waals surface area (Å²) in [7, 11) is 1.99. The molecule has 0 saturated carbocycles. The number of hydrogen-bond donors (Lipinski definition) is 2. The summed E-state index contributed by atoms with van der Waals surface area (Å²) in [5, 5.41) is 10.0. The number of para-hydroxylation sites is 1. The maximum absolute atomic E-state index is 10.8. The van der Waals surface area contributed by atoms with Crippen molar-refractivity contribution in [3.05, 3.63) is 30.5 Å². The Morgan fingerprint density at radius 3 is 2.89 bits per heavy atom. The first kappa shape index (κ1) is 12.5. The Bertz CT molecular complexity index is 547. The van der Waals surface area contributed by atoms with E-state index in [2.05, 4.69) is 16.0 Å². The van der Waals surface area contributed by atoms with Gasteiger partial charge in [-0.05, 0) is 12.5 Å². The highest BCUT2D eigenvalue weighted by Crippen LogP contribution is 2.25. The molecule has 1 heterocycles. The van der Waals surface area contributed by atoms with Crippen molar-refractivity contribution in [2.24, 2.45) is 5.92 Å². The molecule has 2 N–H and O–H groups in total. The van der Waals surface area contributed by atoms with E-state index >= 15 is 0 Å². The Labute approximate surface area is 106 Å². The number of carbonyl (C=O) groups is 1. The van der Waals surface area contributed by atoms with Gasteiger partial charge in [0.25, 0.3) is 0 Å². The topological polar surface area (TPSA) is 56.3 Å². The molecule has 0 saturated heterocycles. The van der Waals surface area contributed by atoms with Crippen molar-refractivity contribution in [1.82, 2.24) is 4.98 Å². The summed E-state index contributed by atoms with van der Waals surface area (Å²) >= 11 is 0. The molecule has 0 aliphatic heterocycles. The van der Waals surface area contributed by atoms with E-state index in [0.29, 0.717) is 6.42 Å². The summed E-state index contributed by atoms with van der Waals surface area (Å²) in [6.07, 6.45) is 2.61. The predicted octanol–water partition coefficient (Wildman–Crippen LogP) is 2.71. The lowest BCUT2D eigenvalue weighted by Crippen LogP contribution is -2.22. The number of nitrogens with zero attached hydrogens (tertiary/aromatic N) is 1. The summed E-state index contributed by atoms with van der Waals surface area (Å²) in [5.74, 6) is -1.04. The average molecular weight is 246 g/mol. The zero-order chi connectivity index (χ0) is 13.1. The maximum atomic E-state index is 10.8. The van der Waals surface area contributed by atoms with E-state index in [1.54, 1.807) is 6.92 Å². The van der Waals surface area contributed by atoms with E-state index in [9.17, 15) is 4.79 Å². The monoisotopic (exact) mass is 246 g/mol. The Morgan fingerprint density at radius 1 is 1.44 bits per heavy atom. The molecule has 1 atom stereocenters. The Hall–Kier alpha value is -1.97. The number of aromatic nitrogens is 1. The van der Waals surface area contributed by atoms with Gasteiger partial charge in [0, 0.05) is 30.7 Å². The van der Waals surface area contributed by atoms with Crippen LogP contribution in [0.5, 0.6) is 0 Å². The van der Waals surface area contributed by atoms with E-state index in [4.69, 9.17) is 5.11 Å². The van der Waals surface area contributed by atoms with E-state index < -0.39 is 5.97 Å². The third-order valence-corrected chi connectivity index (χ3v) is 3.30. The molecule has 4 heteroatoms. The van der Waals surface area contributed by atoms with Crippen molar-refractivity contribution in [1.29, 1.82) is 0 Å². The first-order valence-electron chi connectivity index (χ1n) is 6.09. The van der Waals surface area contributed by atoms with Gasteiger partial charge in [-0.2, -0.15) is 0 Å². The largest absolute Gasteiger partial charge is 0.481 e. The first-order valence-corrected chi connectivity index (χ1v) is 6.09. The van der Waals surface area contributed by atoms with Crippen molar-refractivity contribution in [2.75, 3.05) is 18.5 Å². The van der Waals surface area contributed by atoms with Crippen LogP contribution in [-0.4, -0.2) is 29.7 Å². The molecule has 0 aliphatic rings. The van der Waals surface area contributed by atoms with Crippen molar-refractivity contribution in [3.8, 4) is 0 Å². The van der Waals surface area contributed by atoms with Crippen LogP contribution >= 0.6 is 0 Å². The van der Waals surface area contributed by atoms with Crippen LogP contribution < -0.4 is 4.90 Å². The molecular formula is C14H18N2O2. The highest BCUT2D eigenvalue weighted by molar-refractivity contribution is 5.92. The fourth-order valence-corrected chi connectivity index (χ4v) is 2.00. The van der Waals surface area contributed by atoms with Gasteiger partial charge in [0.1, 0.15) is 0 Å².